The van der Waals surface area contributed by atoms with Gasteiger partial charge in [0.05, 0.1) is 34.3 Å². The summed E-state index contributed by atoms with van der Waals surface area (Å²) in [4.78, 5) is 21.7. The third-order valence-electron chi connectivity index (χ3n) is 5.68. The summed E-state index contributed by atoms with van der Waals surface area (Å²) in [6.45, 7) is 5.07. The highest BCUT2D eigenvalue weighted by Gasteiger charge is 2.47. The Morgan fingerprint density at radius 2 is 1.88 bits per heavy atom. The monoisotopic (exact) mass is 373 g/mol. The van der Waals surface area contributed by atoms with Gasteiger partial charge in [-0.2, -0.15) is 0 Å². The number of pyridine rings is 1. The van der Waals surface area contributed by atoms with Crippen molar-refractivity contribution in [1.29, 1.82) is 0 Å². The molecule has 2 saturated heterocycles. The van der Waals surface area contributed by atoms with Crippen molar-refractivity contribution in [2.24, 2.45) is 0 Å². The number of fused-ring (bicyclic) bond motifs is 2. The topological polar surface area (TPSA) is 70.6 Å². The van der Waals surface area contributed by atoms with E-state index in [1.807, 2.05) is 45.2 Å². The average Bonchev–Trinajstić information content (AvgIpc) is 2.91. The second kappa shape index (κ2) is 6.03. The van der Waals surface area contributed by atoms with Crippen LogP contribution < -0.4 is 0 Å². The third-order valence-corrected chi connectivity index (χ3v) is 7.38. The first-order valence-electron chi connectivity index (χ1n) is 8.85. The first kappa shape index (κ1) is 17.4. The van der Waals surface area contributed by atoms with E-state index in [2.05, 4.69) is 9.88 Å². The summed E-state index contributed by atoms with van der Waals surface area (Å²) in [6.07, 6.45) is 0. The van der Waals surface area contributed by atoms with Crippen molar-refractivity contribution in [3.63, 3.8) is 0 Å². The van der Waals surface area contributed by atoms with Crippen LogP contribution in [0.3, 0.4) is 0 Å². The number of nitrogens with zero attached hydrogens (tertiary/aromatic N) is 3. The molecule has 0 unspecified atom stereocenters. The number of carbonyl (C=O) groups excluding carboxylic acids is 1. The van der Waals surface area contributed by atoms with E-state index in [9.17, 15) is 13.2 Å². The van der Waals surface area contributed by atoms with Crippen molar-refractivity contribution in [2.75, 3.05) is 31.6 Å². The lowest BCUT2D eigenvalue weighted by Crippen LogP contribution is -2.59. The van der Waals surface area contributed by atoms with Crippen LogP contribution in [0, 0.1) is 13.8 Å². The normalized spacial score (nSPS) is 25.4. The zero-order valence-corrected chi connectivity index (χ0v) is 16.1. The van der Waals surface area contributed by atoms with Gasteiger partial charge in [-0.05, 0) is 32.5 Å². The predicted molar refractivity (Wildman–Crippen MR) is 101 cm³/mol. The van der Waals surface area contributed by atoms with Crippen molar-refractivity contribution in [2.45, 2.75) is 25.9 Å². The molecule has 2 atom stereocenters. The van der Waals surface area contributed by atoms with E-state index in [4.69, 9.17) is 0 Å². The molecule has 138 valence electrons. The molecule has 0 N–H and O–H groups in total. The van der Waals surface area contributed by atoms with E-state index in [0.29, 0.717) is 24.3 Å². The van der Waals surface area contributed by atoms with Gasteiger partial charge >= 0.3 is 0 Å². The van der Waals surface area contributed by atoms with Gasteiger partial charge in [-0.1, -0.05) is 18.2 Å². The maximum absolute atomic E-state index is 13.3. The highest BCUT2D eigenvalue weighted by Crippen LogP contribution is 2.28. The zero-order chi connectivity index (χ0) is 18.6. The van der Waals surface area contributed by atoms with Gasteiger partial charge in [0.15, 0.2) is 9.84 Å². The van der Waals surface area contributed by atoms with Gasteiger partial charge < -0.3 is 4.90 Å². The Balaban J connectivity index is 1.73. The highest BCUT2D eigenvalue weighted by atomic mass is 32.2. The van der Waals surface area contributed by atoms with E-state index in [1.165, 1.54) is 0 Å². The van der Waals surface area contributed by atoms with Crippen molar-refractivity contribution >= 4 is 26.6 Å². The molecule has 0 radical (unpaired) electrons. The molecular weight excluding hydrogens is 350 g/mol. The summed E-state index contributed by atoms with van der Waals surface area (Å²) in [7, 11) is -1.18. The average molecular weight is 373 g/mol. The summed E-state index contributed by atoms with van der Waals surface area (Å²) in [6, 6.07) is 7.41. The van der Waals surface area contributed by atoms with E-state index in [-0.39, 0.29) is 29.5 Å². The van der Waals surface area contributed by atoms with Gasteiger partial charge in [0.1, 0.15) is 0 Å². The number of hydrogen-bond acceptors (Lipinski definition) is 5. The number of carbonyl (C=O) groups is 1. The summed E-state index contributed by atoms with van der Waals surface area (Å²) >= 11 is 0. The molecule has 0 spiro atoms. The summed E-state index contributed by atoms with van der Waals surface area (Å²) in [5.74, 6) is 0.0672. The number of likely N-dealkylation sites (N-methyl/N-ethyl adjacent to an activating group) is 1. The number of rotatable bonds is 1. The van der Waals surface area contributed by atoms with E-state index >= 15 is 0 Å². The first-order chi connectivity index (χ1) is 12.3. The van der Waals surface area contributed by atoms with Crippen molar-refractivity contribution in [3.05, 3.63) is 41.1 Å². The van der Waals surface area contributed by atoms with Crippen molar-refractivity contribution < 1.29 is 13.2 Å². The van der Waals surface area contributed by atoms with Crippen LogP contribution in [0.5, 0.6) is 0 Å². The van der Waals surface area contributed by atoms with E-state index in [1.54, 1.807) is 4.90 Å². The molecule has 0 aliphatic carbocycles. The number of piperazine rings is 1. The minimum absolute atomic E-state index is 0.0485. The SMILES string of the molecule is Cc1nc2c(C)cccc2cc1C(=O)N1CCN(C)[C@@H]2CS(=O)(=O)C[C@@H]21. The van der Waals surface area contributed by atoms with Crippen LogP contribution in [0.4, 0.5) is 0 Å². The third kappa shape index (κ3) is 2.79. The number of sulfone groups is 1. The van der Waals surface area contributed by atoms with Crippen LogP contribution >= 0.6 is 0 Å². The molecule has 7 heteroatoms. The van der Waals surface area contributed by atoms with Gasteiger partial charge in [0.25, 0.3) is 5.91 Å². The standard InChI is InChI=1S/C19H23N3O3S/c1-12-5-4-6-14-9-15(13(2)20-18(12)14)19(23)22-8-7-21(3)16-10-26(24,25)11-17(16)22/h4-6,9,16-17H,7-8,10-11H2,1-3H3/t16-,17+/m1/s1. The largest absolute Gasteiger partial charge is 0.332 e. The smallest absolute Gasteiger partial charge is 0.256 e. The second-order valence-corrected chi connectivity index (χ2v) is 9.61. The lowest BCUT2D eigenvalue weighted by atomic mass is 10.0. The number of benzene rings is 1. The maximum atomic E-state index is 13.3. The minimum Gasteiger partial charge on any atom is -0.332 e. The number of hydrogen-bond donors (Lipinski definition) is 0. The van der Waals surface area contributed by atoms with Crippen molar-refractivity contribution in [3.8, 4) is 0 Å². The molecule has 2 aromatic rings. The molecule has 1 aromatic heterocycles. The molecule has 2 fully saturated rings. The molecule has 4 rings (SSSR count). The molecule has 3 heterocycles. The van der Waals surface area contributed by atoms with Crippen LogP contribution in [-0.4, -0.2) is 72.8 Å². The molecular formula is C19H23N3O3S. The first-order valence-corrected chi connectivity index (χ1v) is 10.7. The van der Waals surface area contributed by atoms with Crippen LogP contribution in [0.25, 0.3) is 10.9 Å². The Morgan fingerprint density at radius 3 is 2.65 bits per heavy atom. The van der Waals surface area contributed by atoms with Crippen LogP contribution in [0.2, 0.25) is 0 Å². The quantitative estimate of drug-likeness (QED) is 0.756. The molecule has 1 amide bonds. The zero-order valence-electron chi connectivity index (χ0n) is 15.3. The Kier molecular flexibility index (Phi) is 4.04. The van der Waals surface area contributed by atoms with Gasteiger partial charge in [-0.25, -0.2) is 8.42 Å². The number of amides is 1. The second-order valence-electron chi connectivity index (χ2n) is 7.46. The number of aromatic nitrogens is 1. The lowest BCUT2D eigenvalue weighted by Gasteiger charge is -2.42. The molecule has 26 heavy (non-hydrogen) atoms. The minimum atomic E-state index is -3.11. The van der Waals surface area contributed by atoms with E-state index < -0.39 is 9.84 Å². The van der Waals surface area contributed by atoms with Crippen LogP contribution in [0.1, 0.15) is 21.6 Å². The van der Waals surface area contributed by atoms with Gasteiger partial charge in [-0.3, -0.25) is 14.7 Å². The van der Waals surface area contributed by atoms with Gasteiger partial charge in [0.2, 0.25) is 0 Å². The fourth-order valence-electron chi connectivity index (χ4n) is 4.19. The molecule has 2 aliphatic heterocycles. The van der Waals surface area contributed by atoms with E-state index in [0.717, 1.165) is 16.5 Å². The maximum Gasteiger partial charge on any atom is 0.256 e. The molecule has 0 bridgehead atoms. The molecule has 0 saturated carbocycles. The van der Waals surface area contributed by atoms with Gasteiger partial charge in [-0.15, -0.1) is 0 Å². The summed E-state index contributed by atoms with van der Waals surface area (Å²) in [5, 5.41) is 0.934. The number of para-hydroxylation sites is 1. The summed E-state index contributed by atoms with van der Waals surface area (Å²) in [5.41, 5.74) is 3.23. The lowest BCUT2D eigenvalue weighted by molar-refractivity contribution is 0.0409. The Bertz CT molecular complexity index is 1000. The Hall–Kier alpha value is -1.99. The van der Waals surface area contributed by atoms with Crippen LogP contribution in [-0.2, 0) is 9.84 Å². The predicted octanol–water partition coefficient (Wildman–Crippen LogP) is 1.40. The highest BCUT2D eigenvalue weighted by molar-refractivity contribution is 7.91. The van der Waals surface area contributed by atoms with Crippen molar-refractivity contribution in [1.82, 2.24) is 14.8 Å². The fraction of sp³-hybridized carbons (Fsp3) is 0.474. The molecule has 2 aliphatic rings. The molecule has 1 aromatic carbocycles. The Morgan fingerprint density at radius 1 is 1.15 bits per heavy atom. The Labute approximate surface area is 153 Å². The molecule has 6 nitrogen and oxygen atoms in total. The summed E-state index contributed by atoms with van der Waals surface area (Å²) < 4.78 is 24.3. The fourth-order valence-corrected chi connectivity index (χ4v) is 6.24. The van der Waals surface area contributed by atoms with Crippen LogP contribution in [0.15, 0.2) is 24.3 Å². The van der Waals surface area contributed by atoms with Gasteiger partial charge in [0, 0.05) is 24.5 Å². The number of aryl methyl sites for hydroxylation is 2.